The zero-order valence-electron chi connectivity index (χ0n) is 8.23. The van der Waals surface area contributed by atoms with E-state index >= 15 is 0 Å². The highest BCUT2D eigenvalue weighted by Crippen LogP contribution is 2.39. The fourth-order valence-corrected chi connectivity index (χ4v) is 1.89. The Kier molecular flexibility index (Phi) is 2.87. The molecule has 1 fully saturated rings. The van der Waals surface area contributed by atoms with Gasteiger partial charge in [-0.05, 0) is 37.0 Å². The summed E-state index contributed by atoms with van der Waals surface area (Å²) in [6.07, 6.45) is 1.43. The van der Waals surface area contributed by atoms with Gasteiger partial charge < -0.3 is 15.9 Å². The first-order valence-electron chi connectivity index (χ1n) is 5.01. The first kappa shape index (κ1) is 10.7. The smallest absolute Gasteiger partial charge is 0.120 e. The molecule has 0 saturated heterocycles. The third-order valence-electron chi connectivity index (χ3n) is 2.82. The van der Waals surface area contributed by atoms with E-state index in [1.165, 1.54) is 6.07 Å². The average molecular weight is 228 g/mol. The number of hydrogen-bond acceptors (Lipinski definition) is 3. The molecule has 0 aliphatic heterocycles. The van der Waals surface area contributed by atoms with Crippen LogP contribution in [-0.4, -0.2) is 16.3 Å². The van der Waals surface area contributed by atoms with Crippen LogP contribution in [0.25, 0.3) is 0 Å². The van der Waals surface area contributed by atoms with Crippen molar-refractivity contribution in [2.24, 2.45) is 11.7 Å². The maximum absolute atomic E-state index is 9.85. The lowest BCUT2D eigenvalue weighted by Crippen LogP contribution is -2.27. The fraction of sp³-hybridized carbons (Fsp3) is 0.455. The molecule has 15 heavy (non-hydrogen) atoms. The zero-order valence-corrected chi connectivity index (χ0v) is 8.98. The number of phenols is 1. The number of aliphatic hydroxyl groups excluding tert-OH is 1. The van der Waals surface area contributed by atoms with Crippen LogP contribution >= 0.6 is 11.6 Å². The largest absolute Gasteiger partial charge is 0.508 e. The van der Waals surface area contributed by atoms with E-state index in [0.717, 1.165) is 12.8 Å². The summed E-state index contributed by atoms with van der Waals surface area (Å²) in [6.45, 7) is 0. The normalized spacial score (nSPS) is 19.9. The van der Waals surface area contributed by atoms with E-state index in [0.29, 0.717) is 10.6 Å². The summed E-state index contributed by atoms with van der Waals surface area (Å²) in [4.78, 5) is 0. The van der Waals surface area contributed by atoms with Gasteiger partial charge in [-0.1, -0.05) is 11.6 Å². The van der Waals surface area contributed by atoms with Gasteiger partial charge in [0.1, 0.15) is 5.75 Å². The van der Waals surface area contributed by atoms with Crippen LogP contribution in [0.2, 0.25) is 5.02 Å². The molecule has 1 aromatic carbocycles. The minimum absolute atomic E-state index is 0.0894. The average Bonchev–Trinajstić information content (AvgIpc) is 3.03. The summed E-state index contributed by atoms with van der Waals surface area (Å²) in [5, 5.41) is 20.0. The van der Waals surface area contributed by atoms with Crippen LogP contribution in [0, 0.1) is 5.92 Å². The van der Waals surface area contributed by atoms with Gasteiger partial charge in [0.15, 0.2) is 0 Å². The van der Waals surface area contributed by atoms with Crippen molar-refractivity contribution in [3.63, 3.8) is 0 Å². The number of rotatable bonds is 3. The highest BCUT2D eigenvalue weighted by molar-refractivity contribution is 6.30. The van der Waals surface area contributed by atoms with Gasteiger partial charge in [0.25, 0.3) is 0 Å². The standard InChI is InChI=1S/C11H14ClNO2/c12-7-3-4-9(14)8(5-7)10(13)11(15)6-1-2-6/h3-6,10-11,14-15H,1-2,13H2/t10-,11+/m1/s1. The quantitative estimate of drug-likeness (QED) is 0.738. The molecule has 0 unspecified atom stereocenters. The van der Waals surface area contributed by atoms with E-state index in [1.54, 1.807) is 12.1 Å². The first-order chi connectivity index (χ1) is 7.09. The Morgan fingerprint density at radius 2 is 2.07 bits per heavy atom. The second-order valence-electron chi connectivity index (χ2n) is 4.06. The molecule has 1 aromatic rings. The topological polar surface area (TPSA) is 66.5 Å². The Labute approximate surface area is 93.5 Å². The predicted octanol–water partition coefficient (Wildman–Crippen LogP) is 1.82. The van der Waals surface area contributed by atoms with Crippen molar-refractivity contribution in [1.29, 1.82) is 0 Å². The third kappa shape index (κ3) is 2.25. The van der Waals surface area contributed by atoms with Crippen molar-refractivity contribution in [3.8, 4) is 5.75 Å². The lowest BCUT2D eigenvalue weighted by Gasteiger charge is -2.19. The minimum Gasteiger partial charge on any atom is -0.508 e. The van der Waals surface area contributed by atoms with Crippen LogP contribution in [0.5, 0.6) is 5.75 Å². The van der Waals surface area contributed by atoms with E-state index in [2.05, 4.69) is 0 Å². The van der Waals surface area contributed by atoms with E-state index < -0.39 is 12.1 Å². The SMILES string of the molecule is N[C@H](c1cc(Cl)ccc1O)[C@@H](O)C1CC1. The Bertz CT molecular complexity index is 366. The molecular formula is C11H14ClNO2. The molecule has 1 aliphatic carbocycles. The number of halogens is 1. The second-order valence-corrected chi connectivity index (χ2v) is 4.49. The molecular weight excluding hydrogens is 214 g/mol. The summed E-state index contributed by atoms with van der Waals surface area (Å²) in [5.74, 6) is 0.366. The minimum atomic E-state index is -0.589. The van der Waals surface area contributed by atoms with Gasteiger partial charge in [-0.15, -0.1) is 0 Å². The van der Waals surface area contributed by atoms with E-state index in [9.17, 15) is 10.2 Å². The van der Waals surface area contributed by atoms with Gasteiger partial charge in [-0.2, -0.15) is 0 Å². The van der Waals surface area contributed by atoms with Gasteiger partial charge in [0.2, 0.25) is 0 Å². The number of hydrogen-bond donors (Lipinski definition) is 3. The maximum atomic E-state index is 9.85. The monoisotopic (exact) mass is 227 g/mol. The van der Waals surface area contributed by atoms with Crippen molar-refractivity contribution in [2.45, 2.75) is 25.0 Å². The van der Waals surface area contributed by atoms with Gasteiger partial charge in [0.05, 0.1) is 12.1 Å². The molecule has 82 valence electrons. The molecule has 1 saturated carbocycles. The Hall–Kier alpha value is -0.770. The fourth-order valence-electron chi connectivity index (χ4n) is 1.71. The van der Waals surface area contributed by atoms with Crippen molar-refractivity contribution < 1.29 is 10.2 Å². The number of nitrogens with two attached hydrogens (primary N) is 1. The van der Waals surface area contributed by atoms with Crippen LogP contribution in [0.1, 0.15) is 24.4 Å². The summed E-state index contributed by atoms with van der Waals surface area (Å²) >= 11 is 5.81. The summed E-state index contributed by atoms with van der Waals surface area (Å²) in [5.41, 5.74) is 6.40. The van der Waals surface area contributed by atoms with Gasteiger partial charge in [-0.3, -0.25) is 0 Å². The summed E-state index contributed by atoms with van der Waals surface area (Å²) in [6, 6.07) is 4.14. The van der Waals surface area contributed by atoms with Crippen molar-refractivity contribution in [3.05, 3.63) is 28.8 Å². The molecule has 1 aliphatic rings. The van der Waals surface area contributed by atoms with Crippen LogP contribution in [0.3, 0.4) is 0 Å². The van der Waals surface area contributed by atoms with Crippen molar-refractivity contribution in [1.82, 2.24) is 0 Å². The third-order valence-corrected chi connectivity index (χ3v) is 3.06. The molecule has 0 radical (unpaired) electrons. The highest BCUT2D eigenvalue weighted by atomic mass is 35.5. The lowest BCUT2D eigenvalue weighted by molar-refractivity contribution is 0.121. The van der Waals surface area contributed by atoms with Gasteiger partial charge in [0, 0.05) is 10.6 Å². The second kappa shape index (κ2) is 4.00. The number of aliphatic hydroxyl groups is 1. The molecule has 0 bridgehead atoms. The highest BCUT2D eigenvalue weighted by Gasteiger charge is 2.35. The number of aromatic hydroxyl groups is 1. The van der Waals surface area contributed by atoms with Gasteiger partial charge in [-0.25, -0.2) is 0 Å². The van der Waals surface area contributed by atoms with E-state index in [4.69, 9.17) is 17.3 Å². The lowest BCUT2D eigenvalue weighted by atomic mass is 9.98. The summed E-state index contributed by atoms with van der Waals surface area (Å²) < 4.78 is 0. The number of benzene rings is 1. The molecule has 0 heterocycles. The molecule has 4 N–H and O–H groups in total. The molecule has 0 aromatic heterocycles. The molecule has 4 heteroatoms. The molecule has 2 rings (SSSR count). The predicted molar refractivity (Wildman–Crippen MR) is 58.8 cm³/mol. The molecule has 2 atom stereocenters. The Balaban J connectivity index is 2.23. The Morgan fingerprint density at radius 1 is 1.40 bits per heavy atom. The summed E-state index contributed by atoms with van der Waals surface area (Å²) in [7, 11) is 0. The maximum Gasteiger partial charge on any atom is 0.120 e. The number of phenolic OH excluding ortho intramolecular Hbond substituents is 1. The molecule has 3 nitrogen and oxygen atoms in total. The molecule has 0 spiro atoms. The van der Waals surface area contributed by atoms with Crippen LogP contribution in [0.4, 0.5) is 0 Å². The molecule has 0 amide bonds. The van der Waals surface area contributed by atoms with E-state index in [-0.39, 0.29) is 11.7 Å². The van der Waals surface area contributed by atoms with Crippen LogP contribution in [-0.2, 0) is 0 Å². The van der Waals surface area contributed by atoms with E-state index in [1.807, 2.05) is 0 Å². The van der Waals surface area contributed by atoms with Crippen LogP contribution < -0.4 is 5.73 Å². The zero-order chi connectivity index (χ0) is 11.0. The first-order valence-corrected chi connectivity index (χ1v) is 5.39. The van der Waals surface area contributed by atoms with Crippen molar-refractivity contribution in [2.75, 3.05) is 0 Å². The Morgan fingerprint density at radius 3 is 2.67 bits per heavy atom. The van der Waals surface area contributed by atoms with Crippen LogP contribution in [0.15, 0.2) is 18.2 Å². The van der Waals surface area contributed by atoms with Crippen molar-refractivity contribution >= 4 is 11.6 Å². The van der Waals surface area contributed by atoms with Gasteiger partial charge >= 0.3 is 0 Å².